The molecule has 1 rings (SSSR count). The van der Waals surface area contributed by atoms with E-state index in [4.69, 9.17) is 15.2 Å². The van der Waals surface area contributed by atoms with E-state index in [0.717, 1.165) is 6.42 Å². The third kappa shape index (κ3) is 5.80. The molecule has 1 amide bonds. The Hall–Kier alpha value is -0.650. The fraction of sp³-hybridized carbons (Fsp3) is 0.923. The van der Waals surface area contributed by atoms with Crippen LogP contribution in [0.5, 0.6) is 0 Å². The van der Waals surface area contributed by atoms with Crippen molar-refractivity contribution in [1.82, 2.24) is 5.32 Å². The van der Waals surface area contributed by atoms with Crippen LogP contribution in [0.1, 0.15) is 38.5 Å². The monoisotopic (exact) mass is 258 g/mol. The van der Waals surface area contributed by atoms with Crippen LogP contribution in [0.15, 0.2) is 0 Å². The average molecular weight is 258 g/mol. The summed E-state index contributed by atoms with van der Waals surface area (Å²) in [5, 5.41) is 2.80. The summed E-state index contributed by atoms with van der Waals surface area (Å²) < 4.78 is 10.7. The first-order valence-electron chi connectivity index (χ1n) is 6.90. The summed E-state index contributed by atoms with van der Waals surface area (Å²) in [6, 6.07) is 0. The molecule has 1 aliphatic rings. The highest BCUT2D eigenvalue weighted by Gasteiger charge is 2.15. The number of hydrogen-bond donors (Lipinski definition) is 2. The van der Waals surface area contributed by atoms with Crippen molar-refractivity contribution < 1.29 is 14.3 Å². The molecule has 0 bridgehead atoms. The van der Waals surface area contributed by atoms with Gasteiger partial charge in [-0.05, 0) is 19.3 Å². The minimum atomic E-state index is -0.538. The van der Waals surface area contributed by atoms with Crippen LogP contribution in [-0.4, -0.2) is 44.9 Å². The van der Waals surface area contributed by atoms with Crippen LogP contribution < -0.4 is 11.1 Å². The summed E-state index contributed by atoms with van der Waals surface area (Å²) in [7, 11) is 1.49. The van der Waals surface area contributed by atoms with E-state index >= 15 is 0 Å². The van der Waals surface area contributed by atoms with Crippen LogP contribution >= 0.6 is 0 Å². The molecular weight excluding hydrogens is 232 g/mol. The van der Waals surface area contributed by atoms with Gasteiger partial charge in [-0.1, -0.05) is 19.3 Å². The number of rotatable bonds is 8. The smallest absolute Gasteiger partial charge is 0.250 e. The van der Waals surface area contributed by atoms with Gasteiger partial charge < -0.3 is 20.5 Å². The molecule has 0 saturated heterocycles. The number of carbonyl (C=O) groups is 1. The number of nitrogens with two attached hydrogens (primary N) is 1. The molecular formula is C13H26N2O3. The van der Waals surface area contributed by atoms with Crippen molar-refractivity contribution in [3.05, 3.63) is 0 Å². The molecule has 0 spiro atoms. The molecule has 18 heavy (non-hydrogen) atoms. The Balaban J connectivity index is 1.99. The van der Waals surface area contributed by atoms with Crippen molar-refractivity contribution in [3.8, 4) is 0 Å². The Bertz CT molecular complexity index is 226. The van der Waals surface area contributed by atoms with Crippen LogP contribution in [-0.2, 0) is 14.3 Å². The van der Waals surface area contributed by atoms with Crippen LogP contribution in [0, 0.1) is 0 Å². The van der Waals surface area contributed by atoms with Crippen molar-refractivity contribution in [3.63, 3.8) is 0 Å². The molecule has 0 aliphatic heterocycles. The predicted octanol–water partition coefficient (Wildman–Crippen LogP) is 0.816. The van der Waals surface area contributed by atoms with E-state index < -0.39 is 6.10 Å². The van der Waals surface area contributed by atoms with E-state index in [1.807, 2.05) is 0 Å². The zero-order valence-corrected chi connectivity index (χ0v) is 11.3. The number of carbonyl (C=O) groups excluding carboxylic acids is 1. The van der Waals surface area contributed by atoms with E-state index in [1.54, 1.807) is 0 Å². The first-order valence-corrected chi connectivity index (χ1v) is 6.90. The van der Waals surface area contributed by atoms with E-state index in [0.29, 0.717) is 19.3 Å². The van der Waals surface area contributed by atoms with Gasteiger partial charge in [0.1, 0.15) is 6.10 Å². The molecule has 1 aliphatic carbocycles. The van der Waals surface area contributed by atoms with Crippen LogP contribution in [0.4, 0.5) is 0 Å². The topological polar surface area (TPSA) is 73.6 Å². The molecule has 3 N–H and O–H groups in total. The van der Waals surface area contributed by atoms with E-state index in [-0.39, 0.29) is 12.5 Å². The Morgan fingerprint density at radius 3 is 2.72 bits per heavy atom. The standard InChI is InChI=1S/C13H26N2O3/c1-17-12(10-14)13(16)15-8-5-9-18-11-6-3-2-4-7-11/h11-12H,2-10,14H2,1H3,(H,15,16). The first kappa shape index (κ1) is 15.4. The van der Waals surface area contributed by atoms with Crippen molar-refractivity contribution in [2.75, 3.05) is 26.8 Å². The molecule has 1 unspecified atom stereocenters. The number of methoxy groups -OCH3 is 1. The average Bonchev–Trinajstić information content (AvgIpc) is 2.41. The molecule has 1 saturated carbocycles. The number of nitrogens with one attached hydrogen (secondary N) is 1. The first-order chi connectivity index (χ1) is 8.77. The highest BCUT2D eigenvalue weighted by Crippen LogP contribution is 2.20. The lowest BCUT2D eigenvalue weighted by molar-refractivity contribution is -0.130. The molecule has 0 aromatic heterocycles. The zero-order valence-electron chi connectivity index (χ0n) is 11.3. The summed E-state index contributed by atoms with van der Waals surface area (Å²) in [5.41, 5.74) is 5.40. The maximum Gasteiger partial charge on any atom is 0.250 e. The summed E-state index contributed by atoms with van der Waals surface area (Å²) in [6.45, 7) is 1.54. The van der Waals surface area contributed by atoms with Crippen molar-refractivity contribution in [2.24, 2.45) is 5.73 Å². The van der Waals surface area contributed by atoms with E-state index in [1.165, 1.54) is 39.2 Å². The highest BCUT2D eigenvalue weighted by atomic mass is 16.5. The van der Waals surface area contributed by atoms with Gasteiger partial charge >= 0.3 is 0 Å². The second-order valence-electron chi connectivity index (χ2n) is 4.74. The lowest BCUT2D eigenvalue weighted by atomic mass is 9.98. The summed E-state index contributed by atoms with van der Waals surface area (Å²) >= 11 is 0. The normalized spacial score (nSPS) is 18.6. The van der Waals surface area contributed by atoms with Gasteiger partial charge in [0.25, 0.3) is 0 Å². The lowest BCUT2D eigenvalue weighted by Crippen LogP contribution is -2.41. The van der Waals surface area contributed by atoms with Gasteiger partial charge in [-0.2, -0.15) is 0 Å². The number of amides is 1. The lowest BCUT2D eigenvalue weighted by Gasteiger charge is -2.22. The van der Waals surface area contributed by atoms with E-state index in [9.17, 15) is 4.79 Å². The molecule has 0 radical (unpaired) electrons. The summed E-state index contributed by atoms with van der Waals surface area (Å²) in [5.74, 6) is -0.141. The molecule has 5 heteroatoms. The van der Waals surface area contributed by atoms with Crippen LogP contribution in [0.25, 0.3) is 0 Å². The van der Waals surface area contributed by atoms with Crippen LogP contribution in [0.2, 0.25) is 0 Å². The highest BCUT2D eigenvalue weighted by molar-refractivity contribution is 5.80. The van der Waals surface area contributed by atoms with Gasteiger partial charge in [0.2, 0.25) is 5.91 Å². The zero-order chi connectivity index (χ0) is 13.2. The van der Waals surface area contributed by atoms with Gasteiger partial charge in [0.15, 0.2) is 0 Å². The third-order valence-electron chi connectivity index (χ3n) is 3.32. The minimum Gasteiger partial charge on any atom is -0.378 e. The predicted molar refractivity (Wildman–Crippen MR) is 70.3 cm³/mol. The quantitative estimate of drug-likeness (QED) is 0.632. The molecule has 0 aromatic carbocycles. The van der Waals surface area contributed by atoms with E-state index in [2.05, 4.69) is 5.32 Å². The Morgan fingerprint density at radius 2 is 2.11 bits per heavy atom. The molecule has 0 aromatic rings. The molecule has 0 heterocycles. The van der Waals surface area contributed by atoms with Gasteiger partial charge in [-0.3, -0.25) is 4.79 Å². The molecule has 106 valence electrons. The SMILES string of the molecule is COC(CN)C(=O)NCCCOC1CCCCC1. The minimum absolute atomic E-state index is 0.141. The van der Waals surface area contributed by atoms with Crippen molar-refractivity contribution in [2.45, 2.75) is 50.7 Å². The largest absolute Gasteiger partial charge is 0.378 e. The second-order valence-corrected chi connectivity index (χ2v) is 4.74. The van der Waals surface area contributed by atoms with Gasteiger partial charge in [0.05, 0.1) is 6.10 Å². The Morgan fingerprint density at radius 1 is 1.39 bits per heavy atom. The Kier molecular flexibility index (Phi) is 7.96. The van der Waals surface area contributed by atoms with Gasteiger partial charge in [0, 0.05) is 26.8 Å². The fourth-order valence-electron chi connectivity index (χ4n) is 2.19. The summed E-state index contributed by atoms with van der Waals surface area (Å²) in [4.78, 5) is 11.5. The Labute approximate surface area is 109 Å². The maximum absolute atomic E-state index is 11.5. The van der Waals surface area contributed by atoms with Crippen molar-refractivity contribution >= 4 is 5.91 Å². The van der Waals surface area contributed by atoms with Gasteiger partial charge in [-0.25, -0.2) is 0 Å². The second kappa shape index (κ2) is 9.30. The molecule has 1 atom stereocenters. The molecule has 5 nitrogen and oxygen atoms in total. The number of hydrogen-bond acceptors (Lipinski definition) is 4. The molecule has 1 fully saturated rings. The fourth-order valence-corrected chi connectivity index (χ4v) is 2.19. The number of ether oxygens (including phenoxy) is 2. The maximum atomic E-state index is 11.5. The van der Waals surface area contributed by atoms with Crippen molar-refractivity contribution in [1.29, 1.82) is 0 Å². The summed E-state index contributed by atoms with van der Waals surface area (Å²) in [6.07, 6.45) is 7.02. The van der Waals surface area contributed by atoms with Gasteiger partial charge in [-0.15, -0.1) is 0 Å². The third-order valence-corrected chi connectivity index (χ3v) is 3.32. The van der Waals surface area contributed by atoms with Crippen LogP contribution in [0.3, 0.4) is 0 Å².